The number of aromatic nitrogens is 1. The first-order chi connectivity index (χ1) is 16.6. The SMILES string of the molecule is COc1ccccc1C(Nc1cc(C)ccn1)c1c(NC(=O)c2ccco2)sc2c1CCCC2. The molecule has 1 atom stereocenters. The van der Waals surface area contributed by atoms with Crippen LogP contribution in [0.5, 0.6) is 5.75 Å². The normalized spacial score (nSPS) is 13.7. The number of hydrogen-bond acceptors (Lipinski definition) is 6. The molecule has 1 amide bonds. The second-order valence-corrected chi connectivity index (χ2v) is 9.53. The van der Waals surface area contributed by atoms with Crippen LogP contribution >= 0.6 is 11.3 Å². The first-order valence-corrected chi connectivity index (χ1v) is 12.3. The molecule has 0 spiro atoms. The summed E-state index contributed by atoms with van der Waals surface area (Å²) in [7, 11) is 1.68. The topological polar surface area (TPSA) is 76.4 Å². The quantitative estimate of drug-likeness (QED) is 0.325. The molecule has 0 saturated heterocycles. The number of aryl methyl sites for hydroxylation is 2. The second kappa shape index (κ2) is 9.73. The minimum atomic E-state index is -0.254. The Hall–Kier alpha value is -3.58. The van der Waals surface area contributed by atoms with E-state index in [1.165, 1.54) is 16.7 Å². The standard InChI is InChI=1S/C27H27N3O3S/c1-17-13-14-28-23(16-17)29-25(18-8-3-5-10-20(18)32-2)24-19-9-4-6-12-22(19)34-27(24)30-26(31)21-11-7-15-33-21/h3,5,7-8,10-11,13-16,25H,4,6,9,12H2,1-2H3,(H,28,29)(H,30,31). The minimum Gasteiger partial charge on any atom is -0.496 e. The van der Waals surface area contributed by atoms with Gasteiger partial charge >= 0.3 is 0 Å². The number of pyridine rings is 1. The lowest BCUT2D eigenvalue weighted by Crippen LogP contribution is -2.19. The summed E-state index contributed by atoms with van der Waals surface area (Å²) in [4.78, 5) is 18.9. The number of furan rings is 1. The second-order valence-electron chi connectivity index (χ2n) is 8.42. The van der Waals surface area contributed by atoms with Crippen LogP contribution in [0.15, 0.2) is 65.4 Å². The first-order valence-electron chi connectivity index (χ1n) is 11.5. The number of nitrogens with zero attached hydrogens (tertiary/aromatic N) is 1. The number of carbonyl (C=O) groups excluding carboxylic acids is 1. The molecule has 5 rings (SSSR count). The molecule has 0 fully saturated rings. The molecule has 0 radical (unpaired) electrons. The van der Waals surface area contributed by atoms with E-state index in [1.807, 2.05) is 37.3 Å². The summed E-state index contributed by atoms with van der Waals surface area (Å²) >= 11 is 1.66. The zero-order valence-corrected chi connectivity index (χ0v) is 20.1. The Morgan fingerprint density at radius 2 is 2.00 bits per heavy atom. The van der Waals surface area contributed by atoms with Gasteiger partial charge in [0.25, 0.3) is 5.91 Å². The third kappa shape index (κ3) is 4.43. The zero-order chi connectivity index (χ0) is 23.5. The van der Waals surface area contributed by atoms with Crippen molar-refractivity contribution in [2.45, 2.75) is 38.6 Å². The molecule has 2 N–H and O–H groups in total. The summed E-state index contributed by atoms with van der Waals surface area (Å²) in [5, 5.41) is 7.63. The van der Waals surface area contributed by atoms with E-state index in [1.54, 1.807) is 36.8 Å². The Balaban J connectivity index is 1.65. The highest BCUT2D eigenvalue weighted by Gasteiger charge is 2.30. The van der Waals surface area contributed by atoms with Crippen LogP contribution in [0.25, 0.3) is 0 Å². The zero-order valence-electron chi connectivity index (χ0n) is 19.3. The maximum absolute atomic E-state index is 13.0. The van der Waals surface area contributed by atoms with Crippen molar-refractivity contribution in [3.05, 3.63) is 93.9 Å². The van der Waals surface area contributed by atoms with Crippen LogP contribution in [0, 0.1) is 6.92 Å². The molecule has 0 bridgehead atoms. The summed E-state index contributed by atoms with van der Waals surface area (Å²) in [5.41, 5.74) is 4.50. The van der Waals surface area contributed by atoms with Crippen LogP contribution < -0.4 is 15.4 Å². The summed E-state index contributed by atoms with van der Waals surface area (Å²) in [5.74, 6) is 1.60. The third-order valence-corrected chi connectivity index (χ3v) is 7.35. The number of fused-ring (bicyclic) bond motifs is 1. The van der Waals surface area contributed by atoms with Crippen molar-refractivity contribution >= 4 is 28.1 Å². The average molecular weight is 474 g/mol. The lowest BCUT2D eigenvalue weighted by molar-refractivity contribution is 0.0997. The van der Waals surface area contributed by atoms with E-state index >= 15 is 0 Å². The Bertz CT molecular complexity index is 1300. The molecule has 7 heteroatoms. The van der Waals surface area contributed by atoms with E-state index in [2.05, 4.69) is 21.7 Å². The van der Waals surface area contributed by atoms with Crippen molar-refractivity contribution in [3.8, 4) is 5.75 Å². The number of carbonyl (C=O) groups is 1. The van der Waals surface area contributed by atoms with Gasteiger partial charge in [0.15, 0.2) is 5.76 Å². The number of methoxy groups -OCH3 is 1. The van der Waals surface area contributed by atoms with Crippen molar-refractivity contribution < 1.29 is 13.9 Å². The Kier molecular flexibility index (Phi) is 6.36. The molecule has 6 nitrogen and oxygen atoms in total. The van der Waals surface area contributed by atoms with E-state index in [0.29, 0.717) is 5.76 Å². The van der Waals surface area contributed by atoms with E-state index in [9.17, 15) is 4.79 Å². The van der Waals surface area contributed by atoms with Crippen LogP contribution in [0.3, 0.4) is 0 Å². The molecule has 3 heterocycles. The molecule has 1 aliphatic rings. The third-order valence-electron chi connectivity index (χ3n) is 6.13. The molecular weight excluding hydrogens is 446 g/mol. The lowest BCUT2D eigenvalue weighted by atomic mass is 9.89. The molecule has 1 aromatic carbocycles. The molecule has 0 aliphatic heterocycles. The van der Waals surface area contributed by atoms with Gasteiger partial charge in [-0.25, -0.2) is 4.98 Å². The van der Waals surface area contributed by atoms with Crippen molar-refractivity contribution in [1.82, 2.24) is 4.98 Å². The highest BCUT2D eigenvalue weighted by Crippen LogP contribution is 2.46. The largest absolute Gasteiger partial charge is 0.496 e. The highest BCUT2D eigenvalue weighted by atomic mass is 32.1. The maximum Gasteiger partial charge on any atom is 0.291 e. The van der Waals surface area contributed by atoms with Gasteiger partial charge < -0.3 is 19.8 Å². The van der Waals surface area contributed by atoms with Crippen LogP contribution in [0.2, 0.25) is 0 Å². The molecule has 1 unspecified atom stereocenters. The van der Waals surface area contributed by atoms with Gasteiger partial charge in [0.05, 0.1) is 19.4 Å². The number of para-hydroxylation sites is 1. The number of nitrogens with one attached hydrogen (secondary N) is 2. The van der Waals surface area contributed by atoms with E-state index in [4.69, 9.17) is 9.15 Å². The molecule has 0 saturated carbocycles. The van der Waals surface area contributed by atoms with Gasteiger partial charge in [0.1, 0.15) is 16.6 Å². The lowest BCUT2D eigenvalue weighted by Gasteiger charge is -2.25. The highest BCUT2D eigenvalue weighted by molar-refractivity contribution is 7.16. The summed E-state index contributed by atoms with van der Waals surface area (Å²) in [6, 6.07) is 15.2. The van der Waals surface area contributed by atoms with Crippen molar-refractivity contribution in [1.29, 1.82) is 0 Å². The molecule has 4 aromatic rings. The smallest absolute Gasteiger partial charge is 0.291 e. The van der Waals surface area contributed by atoms with Gasteiger partial charge in [-0.05, 0) is 74.1 Å². The Labute approximate surface area is 203 Å². The summed E-state index contributed by atoms with van der Waals surface area (Å²) < 4.78 is 11.1. The maximum atomic E-state index is 13.0. The fourth-order valence-corrected chi connectivity index (χ4v) is 5.86. The summed E-state index contributed by atoms with van der Waals surface area (Å²) in [6.07, 6.45) is 7.60. The van der Waals surface area contributed by atoms with Crippen LogP contribution in [0.1, 0.15) is 56.6 Å². The van der Waals surface area contributed by atoms with E-state index in [0.717, 1.165) is 58.9 Å². The van der Waals surface area contributed by atoms with Gasteiger partial charge in [0, 0.05) is 22.2 Å². The molecule has 1 aliphatic carbocycles. The fraction of sp³-hybridized carbons (Fsp3) is 0.259. The van der Waals surface area contributed by atoms with Crippen LogP contribution in [-0.2, 0) is 12.8 Å². The predicted molar refractivity (Wildman–Crippen MR) is 135 cm³/mol. The number of amides is 1. The minimum absolute atomic E-state index is 0.252. The molecule has 34 heavy (non-hydrogen) atoms. The van der Waals surface area contributed by atoms with Gasteiger partial charge in [-0.2, -0.15) is 0 Å². The molecular formula is C27H27N3O3S. The predicted octanol–water partition coefficient (Wildman–Crippen LogP) is 6.39. The van der Waals surface area contributed by atoms with Gasteiger partial charge in [-0.3, -0.25) is 4.79 Å². The molecule has 174 valence electrons. The van der Waals surface area contributed by atoms with E-state index < -0.39 is 0 Å². The van der Waals surface area contributed by atoms with Crippen LogP contribution in [0.4, 0.5) is 10.8 Å². The van der Waals surface area contributed by atoms with Crippen molar-refractivity contribution in [2.75, 3.05) is 17.7 Å². The number of thiophene rings is 1. The number of rotatable bonds is 7. The Morgan fingerprint density at radius 3 is 2.79 bits per heavy atom. The monoisotopic (exact) mass is 473 g/mol. The first kappa shape index (κ1) is 22.2. The number of benzene rings is 1. The van der Waals surface area contributed by atoms with Crippen molar-refractivity contribution in [2.24, 2.45) is 0 Å². The van der Waals surface area contributed by atoms with Gasteiger partial charge in [-0.15, -0.1) is 11.3 Å². The van der Waals surface area contributed by atoms with E-state index in [-0.39, 0.29) is 11.9 Å². The number of hydrogen-bond donors (Lipinski definition) is 2. The molecule has 3 aromatic heterocycles. The number of ether oxygens (including phenoxy) is 1. The average Bonchev–Trinajstić information content (AvgIpc) is 3.51. The van der Waals surface area contributed by atoms with Gasteiger partial charge in [-0.1, -0.05) is 18.2 Å². The summed E-state index contributed by atoms with van der Waals surface area (Å²) in [6.45, 7) is 2.05. The fourth-order valence-electron chi connectivity index (χ4n) is 4.53. The van der Waals surface area contributed by atoms with Crippen LogP contribution in [-0.4, -0.2) is 18.0 Å². The number of anilines is 2. The Morgan fingerprint density at radius 1 is 1.15 bits per heavy atom. The van der Waals surface area contributed by atoms with Gasteiger partial charge in [0.2, 0.25) is 0 Å². The van der Waals surface area contributed by atoms with Crippen molar-refractivity contribution in [3.63, 3.8) is 0 Å².